The molecule has 5 heteroatoms. The molecule has 0 radical (unpaired) electrons. The van der Waals surface area contributed by atoms with Gasteiger partial charge in [-0.25, -0.2) is 4.79 Å². The Morgan fingerprint density at radius 2 is 2.05 bits per heavy atom. The highest BCUT2D eigenvalue weighted by atomic mass is 16.5. The van der Waals surface area contributed by atoms with Crippen LogP contribution in [0.1, 0.15) is 0 Å². The number of rotatable bonds is 1. The summed E-state index contributed by atoms with van der Waals surface area (Å²) in [5, 5.41) is 4.68. The third-order valence-electron chi connectivity index (χ3n) is 3.20. The monoisotopic (exact) mass is 255 g/mol. The normalized spacial score (nSPS) is 10.8. The molecule has 3 rings (SSSR count). The van der Waals surface area contributed by atoms with E-state index in [0.29, 0.717) is 5.75 Å². The zero-order chi connectivity index (χ0) is 13.4. The first-order chi connectivity index (χ1) is 9.20. The zero-order valence-corrected chi connectivity index (χ0v) is 10.7. The van der Waals surface area contributed by atoms with Gasteiger partial charge in [0.1, 0.15) is 5.75 Å². The summed E-state index contributed by atoms with van der Waals surface area (Å²) in [4.78, 5) is 15.4. The zero-order valence-electron chi connectivity index (χ0n) is 10.7. The highest BCUT2D eigenvalue weighted by Crippen LogP contribution is 2.30. The Labute approximate surface area is 109 Å². The average molecular weight is 255 g/mol. The highest BCUT2D eigenvalue weighted by Gasteiger charge is 2.10. The van der Waals surface area contributed by atoms with E-state index in [1.165, 1.54) is 7.05 Å². The summed E-state index contributed by atoms with van der Waals surface area (Å²) in [6.07, 6.45) is 3.13. The van der Waals surface area contributed by atoms with E-state index in [1.54, 1.807) is 12.3 Å². The number of nitrogens with zero attached hydrogens (tertiary/aromatic N) is 2. The SMILES string of the molecule is CNC(=O)Oc1ccc2c3ccncc3n(C)c2c1. The lowest BCUT2D eigenvalue weighted by Crippen LogP contribution is -2.21. The van der Waals surface area contributed by atoms with Crippen LogP contribution in [0.5, 0.6) is 5.75 Å². The van der Waals surface area contributed by atoms with Gasteiger partial charge in [0, 0.05) is 37.1 Å². The first-order valence-corrected chi connectivity index (χ1v) is 5.92. The minimum atomic E-state index is -0.472. The Kier molecular flexibility index (Phi) is 2.59. The van der Waals surface area contributed by atoms with Gasteiger partial charge in [0.25, 0.3) is 0 Å². The summed E-state index contributed by atoms with van der Waals surface area (Å²) in [6, 6.07) is 7.58. The first kappa shape index (κ1) is 11.5. The lowest BCUT2D eigenvalue weighted by molar-refractivity contribution is 0.203. The third-order valence-corrected chi connectivity index (χ3v) is 3.20. The number of nitrogens with one attached hydrogen (secondary N) is 1. The van der Waals surface area contributed by atoms with Crippen molar-refractivity contribution in [3.63, 3.8) is 0 Å². The van der Waals surface area contributed by atoms with E-state index in [0.717, 1.165) is 21.8 Å². The fraction of sp³-hybridized carbons (Fsp3) is 0.143. The quantitative estimate of drug-likeness (QED) is 0.726. The van der Waals surface area contributed by atoms with Crippen LogP contribution in [-0.4, -0.2) is 22.7 Å². The van der Waals surface area contributed by atoms with Crippen LogP contribution in [0.25, 0.3) is 21.8 Å². The summed E-state index contributed by atoms with van der Waals surface area (Å²) in [5.41, 5.74) is 2.05. The number of aromatic nitrogens is 2. The van der Waals surface area contributed by atoms with E-state index in [2.05, 4.69) is 10.3 Å². The summed E-state index contributed by atoms with van der Waals surface area (Å²) >= 11 is 0. The Hall–Kier alpha value is -2.56. The van der Waals surface area contributed by atoms with E-state index in [-0.39, 0.29) is 0 Å². The molecule has 0 saturated carbocycles. The Balaban J connectivity index is 2.20. The van der Waals surface area contributed by atoms with Crippen molar-refractivity contribution in [2.24, 2.45) is 7.05 Å². The maximum atomic E-state index is 11.2. The van der Waals surface area contributed by atoms with Gasteiger partial charge in [-0.05, 0) is 18.2 Å². The minimum Gasteiger partial charge on any atom is -0.410 e. The van der Waals surface area contributed by atoms with Crippen LogP contribution in [-0.2, 0) is 7.05 Å². The molecular formula is C14H13N3O2. The molecule has 2 aromatic heterocycles. The summed E-state index contributed by atoms with van der Waals surface area (Å²) in [7, 11) is 3.50. The summed E-state index contributed by atoms with van der Waals surface area (Å²) in [6.45, 7) is 0. The third kappa shape index (κ3) is 1.79. The number of carbonyl (C=O) groups is 1. The second-order valence-corrected chi connectivity index (χ2v) is 4.27. The first-order valence-electron chi connectivity index (χ1n) is 5.92. The van der Waals surface area contributed by atoms with Gasteiger partial charge in [-0.2, -0.15) is 0 Å². The van der Waals surface area contributed by atoms with E-state index >= 15 is 0 Å². The number of hydrogen-bond acceptors (Lipinski definition) is 3. The molecule has 0 aliphatic rings. The molecule has 1 amide bonds. The van der Waals surface area contributed by atoms with Crippen molar-refractivity contribution < 1.29 is 9.53 Å². The number of amides is 1. The Morgan fingerprint density at radius 1 is 1.26 bits per heavy atom. The number of aryl methyl sites for hydroxylation is 1. The minimum absolute atomic E-state index is 0.472. The number of hydrogen-bond donors (Lipinski definition) is 1. The molecule has 5 nitrogen and oxygen atoms in total. The van der Waals surface area contributed by atoms with Gasteiger partial charge in [0.2, 0.25) is 0 Å². The van der Waals surface area contributed by atoms with Crippen molar-refractivity contribution in [1.29, 1.82) is 0 Å². The predicted octanol–water partition coefficient (Wildman–Crippen LogP) is 2.44. The standard InChI is InChI=1S/C14H13N3O2/c1-15-14(18)19-9-3-4-10-11-5-6-16-8-13(11)17(2)12(10)7-9/h3-8H,1-2H3,(H,15,18). The van der Waals surface area contributed by atoms with Crippen LogP contribution < -0.4 is 10.1 Å². The van der Waals surface area contributed by atoms with E-state index in [4.69, 9.17) is 4.74 Å². The molecule has 0 spiro atoms. The van der Waals surface area contributed by atoms with Gasteiger partial charge < -0.3 is 14.6 Å². The van der Waals surface area contributed by atoms with Crippen LogP contribution >= 0.6 is 0 Å². The van der Waals surface area contributed by atoms with Crippen LogP contribution in [0.3, 0.4) is 0 Å². The Bertz CT molecular complexity index is 777. The van der Waals surface area contributed by atoms with Crippen molar-refractivity contribution in [3.05, 3.63) is 36.7 Å². The maximum Gasteiger partial charge on any atom is 0.412 e. The van der Waals surface area contributed by atoms with Gasteiger partial charge in [-0.15, -0.1) is 0 Å². The molecule has 2 heterocycles. The molecule has 96 valence electrons. The van der Waals surface area contributed by atoms with Gasteiger partial charge in [0.15, 0.2) is 0 Å². The van der Waals surface area contributed by atoms with Crippen molar-refractivity contribution in [1.82, 2.24) is 14.9 Å². The summed E-state index contributed by atoms with van der Waals surface area (Å²) < 4.78 is 7.18. The molecule has 0 fully saturated rings. The van der Waals surface area contributed by atoms with E-state index in [1.807, 2.05) is 36.0 Å². The lowest BCUT2D eigenvalue weighted by atomic mass is 10.2. The molecule has 0 aliphatic heterocycles. The van der Waals surface area contributed by atoms with Gasteiger partial charge >= 0.3 is 6.09 Å². The Morgan fingerprint density at radius 3 is 2.84 bits per heavy atom. The van der Waals surface area contributed by atoms with Crippen LogP contribution in [0.2, 0.25) is 0 Å². The molecular weight excluding hydrogens is 242 g/mol. The maximum absolute atomic E-state index is 11.2. The molecule has 0 unspecified atom stereocenters. The molecule has 3 aromatic rings. The second-order valence-electron chi connectivity index (χ2n) is 4.27. The fourth-order valence-corrected chi connectivity index (χ4v) is 2.25. The fourth-order valence-electron chi connectivity index (χ4n) is 2.25. The van der Waals surface area contributed by atoms with Crippen LogP contribution in [0.15, 0.2) is 36.7 Å². The van der Waals surface area contributed by atoms with Crippen molar-refractivity contribution in [3.8, 4) is 5.75 Å². The topological polar surface area (TPSA) is 56.1 Å². The molecule has 1 N–H and O–H groups in total. The number of pyridine rings is 1. The average Bonchev–Trinajstić information content (AvgIpc) is 2.73. The highest BCUT2D eigenvalue weighted by molar-refractivity contribution is 6.08. The summed E-state index contributed by atoms with van der Waals surface area (Å²) in [5.74, 6) is 0.519. The van der Waals surface area contributed by atoms with E-state index < -0.39 is 6.09 Å². The van der Waals surface area contributed by atoms with Gasteiger partial charge in [0.05, 0.1) is 17.2 Å². The molecule has 19 heavy (non-hydrogen) atoms. The van der Waals surface area contributed by atoms with Crippen LogP contribution in [0, 0.1) is 0 Å². The lowest BCUT2D eigenvalue weighted by Gasteiger charge is -2.04. The number of ether oxygens (including phenoxy) is 1. The molecule has 0 aliphatic carbocycles. The second kappa shape index (κ2) is 4.28. The van der Waals surface area contributed by atoms with Crippen molar-refractivity contribution in [2.75, 3.05) is 7.05 Å². The largest absolute Gasteiger partial charge is 0.412 e. The van der Waals surface area contributed by atoms with E-state index in [9.17, 15) is 4.79 Å². The van der Waals surface area contributed by atoms with Crippen molar-refractivity contribution >= 4 is 27.9 Å². The smallest absolute Gasteiger partial charge is 0.410 e. The number of benzene rings is 1. The molecule has 0 bridgehead atoms. The van der Waals surface area contributed by atoms with Gasteiger partial charge in [-0.1, -0.05) is 0 Å². The molecule has 0 atom stereocenters. The van der Waals surface area contributed by atoms with Crippen LogP contribution in [0.4, 0.5) is 4.79 Å². The number of carbonyl (C=O) groups excluding carboxylic acids is 1. The predicted molar refractivity (Wildman–Crippen MR) is 73.3 cm³/mol. The molecule has 1 aromatic carbocycles. The number of fused-ring (bicyclic) bond motifs is 3. The van der Waals surface area contributed by atoms with Crippen molar-refractivity contribution in [2.45, 2.75) is 0 Å². The van der Waals surface area contributed by atoms with Gasteiger partial charge in [-0.3, -0.25) is 4.98 Å². The molecule has 0 saturated heterocycles.